The Morgan fingerprint density at radius 3 is 2.85 bits per heavy atom. The third kappa shape index (κ3) is 2.13. The van der Waals surface area contributed by atoms with E-state index >= 15 is 0 Å². The zero-order chi connectivity index (χ0) is 14.1. The molecule has 0 heterocycles. The second-order valence-electron chi connectivity index (χ2n) is 5.50. The van der Waals surface area contributed by atoms with Crippen molar-refractivity contribution in [1.82, 2.24) is 0 Å². The lowest BCUT2D eigenvalue weighted by atomic mass is 9.87. The van der Waals surface area contributed by atoms with Crippen LogP contribution in [0.25, 0.3) is 10.8 Å². The third-order valence-corrected chi connectivity index (χ3v) is 4.36. The normalized spacial score (nSPS) is 22.1. The van der Waals surface area contributed by atoms with Gasteiger partial charge in [0.2, 0.25) is 0 Å². The van der Waals surface area contributed by atoms with Crippen molar-refractivity contribution in [2.75, 3.05) is 12.8 Å². The Morgan fingerprint density at radius 1 is 1.25 bits per heavy atom. The fourth-order valence-corrected chi connectivity index (χ4v) is 3.37. The van der Waals surface area contributed by atoms with Gasteiger partial charge in [-0.25, -0.2) is 0 Å². The third-order valence-electron chi connectivity index (χ3n) is 4.36. The number of anilines is 1. The van der Waals surface area contributed by atoms with Gasteiger partial charge in [-0.05, 0) is 35.8 Å². The molecule has 0 spiro atoms. The van der Waals surface area contributed by atoms with Gasteiger partial charge in [-0.3, -0.25) is 4.79 Å². The molecule has 104 valence electrons. The molecule has 0 amide bonds. The van der Waals surface area contributed by atoms with E-state index in [2.05, 4.69) is 12.1 Å². The van der Waals surface area contributed by atoms with E-state index in [1.807, 2.05) is 24.3 Å². The van der Waals surface area contributed by atoms with Gasteiger partial charge < -0.3 is 10.5 Å². The summed E-state index contributed by atoms with van der Waals surface area (Å²) in [5.41, 5.74) is 8.11. The number of hydrogen-bond acceptors (Lipinski definition) is 3. The molecule has 3 heteroatoms. The maximum atomic E-state index is 11.9. The number of methoxy groups -OCH3 is 1. The van der Waals surface area contributed by atoms with E-state index in [9.17, 15) is 4.79 Å². The lowest BCUT2D eigenvalue weighted by Crippen LogP contribution is -2.19. The summed E-state index contributed by atoms with van der Waals surface area (Å²) in [7, 11) is 1.46. The highest BCUT2D eigenvalue weighted by atomic mass is 16.5. The van der Waals surface area contributed by atoms with Crippen molar-refractivity contribution >= 4 is 22.4 Å². The van der Waals surface area contributed by atoms with Crippen LogP contribution in [0.2, 0.25) is 0 Å². The fourth-order valence-electron chi connectivity index (χ4n) is 3.37. The second kappa shape index (κ2) is 5.16. The van der Waals surface area contributed by atoms with Crippen LogP contribution in [0, 0.1) is 5.92 Å². The minimum Gasteiger partial charge on any atom is -0.469 e. The van der Waals surface area contributed by atoms with Crippen molar-refractivity contribution in [2.24, 2.45) is 5.92 Å². The summed E-state index contributed by atoms with van der Waals surface area (Å²) in [6.07, 6.45) is 3.00. The van der Waals surface area contributed by atoms with Gasteiger partial charge in [0.1, 0.15) is 0 Å². The van der Waals surface area contributed by atoms with Crippen LogP contribution in [-0.4, -0.2) is 13.1 Å². The Bertz CT molecular complexity index is 650. The number of nitrogens with two attached hydrogens (primary N) is 1. The Balaban J connectivity index is 2.03. The maximum Gasteiger partial charge on any atom is 0.309 e. The molecule has 2 unspecified atom stereocenters. The highest BCUT2D eigenvalue weighted by molar-refractivity contribution is 5.93. The van der Waals surface area contributed by atoms with Crippen LogP contribution in [0.4, 0.5) is 5.69 Å². The molecule has 1 aliphatic carbocycles. The number of carbonyl (C=O) groups is 1. The molecule has 1 saturated carbocycles. The maximum absolute atomic E-state index is 11.9. The van der Waals surface area contributed by atoms with E-state index in [-0.39, 0.29) is 17.8 Å². The molecular formula is C17H19NO2. The minimum absolute atomic E-state index is 0.0273. The van der Waals surface area contributed by atoms with Crippen LogP contribution in [0.1, 0.15) is 30.7 Å². The van der Waals surface area contributed by atoms with E-state index in [0.29, 0.717) is 0 Å². The average Bonchev–Trinajstić information content (AvgIpc) is 2.96. The minimum atomic E-state index is -0.0979. The van der Waals surface area contributed by atoms with E-state index in [4.69, 9.17) is 10.5 Å². The molecule has 0 aromatic heterocycles. The summed E-state index contributed by atoms with van der Waals surface area (Å²) in [4.78, 5) is 11.9. The highest BCUT2D eigenvalue weighted by Crippen LogP contribution is 2.42. The first-order valence-corrected chi connectivity index (χ1v) is 7.06. The molecule has 1 aliphatic rings. The monoisotopic (exact) mass is 269 g/mol. The van der Waals surface area contributed by atoms with E-state index in [1.54, 1.807) is 0 Å². The average molecular weight is 269 g/mol. The molecule has 3 rings (SSSR count). The first kappa shape index (κ1) is 13.0. The lowest BCUT2D eigenvalue weighted by Gasteiger charge is -2.19. The summed E-state index contributed by atoms with van der Waals surface area (Å²) in [6.45, 7) is 0. The Hall–Kier alpha value is -2.03. The molecule has 2 atom stereocenters. The van der Waals surface area contributed by atoms with E-state index in [0.717, 1.165) is 41.3 Å². The predicted octanol–water partition coefficient (Wildman–Crippen LogP) is 3.48. The first-order chi connectivity index (χ1) is 9.70. The number of nitrogen functional groups attached to an aromatic ring is 1. The largest absolute Gasteiger partial charge is 0.469 e. The molecule has 0 aliphatic heterocycles. The SMILES string of the molecule is COC(=O)C1CCCC1c1cc(N)c2ccccc2c1. The van der Waals surface area contributed by atoms with Gasteiger partial charge in [0.15, 0.2) is 0 Å². The molecule has 0 saturated heterocycles. The first-order valence-electron chi connectivity index (χ1n) is 7.06. The van der Waals surface area contributed by atoms with Crippen LogP contribution >= 0.6 is 0 Å². The van der Waals surface area contributed by atoms with Crippen LogP contribution in [-0.2, 0) is 9.53 Å². The topological polar surface area (TPSA) is 52.3 Å². The quantitative estimate of drug-likeness (QED) is 0.670. The van der Waals surface area contributed by atoms with Crippen LogP contribution < -0.4 is 5.73 Å². The lowest BCUT2D eigenvalue weighted by molar-refractivity contribution is -0.145. The summed E-state index contributed by atoms with van der Waals surface area (Å²) >= 11 is 0. The standard InChI is InChI=1S/C17H19NO2/c1-20-17(19)15-8-4-7-13(15)12-9-11-5-2-3-6-14(11)16(18)10-12/h2-3,5-6,9-10,13,15H,4,7-8,18H2,1H3. The summed E-state index contributed by atoms with van der Waals surface area (Å²) in [6, 6.07) is 12.3. The fraction of sp³-hybridized carbons (Fsp3) is 0.353. The molecule has 3 nitrogen and oxygen atoms in total. The van der Waals surface area contributed by atoms with Crippen LogP contribution in [0.5, 0.6) is 0 Å². The number of benzene rings is 2. The molecule has 1 fully saturated rings. The molecule has 2 aromatic carbocycles. The smallest absolute Gasteiger partial charge is 0.309 e. The number of esters is 1. The van der Waals surface area contributed by atoms with Gasteiger partial charge >= 0.3 is 5.97 Å². The number of carbonyl (C=O) groups excluding carboxylic acids is 1. The Kier molecular flexibility index (Phi) is 3.35. The summed E-state index contributed by atoms with van der Waals surface area (Å²) < 4.78 is 4.93. The molecule has 20 heavy (non-hydrogen) atoms. The number of rotatable bonds is 2. The summed E-state index contributed by atoms with van der Waals surface area (Å²) in [5.74, 6) is 0.106. The van der Waals surface area contributed by atoms with Crippen molar-refractivity contribution in [2.45, 2.75) is 25.2 Å². The van der Waals surface area contributed by atoms with Crippen molar-refractivity contribution in [3.63, 3.8) is 0 Å². The van der Waals surface area contributed by atoms with Crippen LogP contribution in [0.3, 0.4) is 0 Å². The zero-order valence-electron chi connectivity index (χ0n) is 11.6. The van der Waals surface area contributed by atoms with Gasteiger partial charge in [0, 0.05) is 11.1 Å². The Morgan fingerprint density at radius 2 is 2.05 bits per heavy atom. The molecule has 2 N–H and O–H groups in total. The number of ether oxygens (including phenoxy) is 1. The molecule has 2 aromatic rings. The molecule has 0 bridgehead atoms. The Labute approximate surface area is 118 Å². The number of hydrogen-bond donors (Lipinski definition) is 1. The van der Waals surface area contributed by atoms with Crippen molar-refractivity contribution < 1.29 is 9.53 Å². The van der Waals surface area contributed by atoms with E-state index < -0.39 is 0 Å². The van der Waals surface area contributed by atoms with Crippen LogP contribution in [0.15, 0.2) is 36.4 Å². The highest BCUT2D eigenvalue weighted by Gasteiger charge is 2.34. The van der Waals surface area contributed by atoms with Gasteiger partial charge in [-0.15, -0.1) is 0 Å². The zero-order valence-corrected chi connectivity index (χ0v) is 11.6. The van der Waals surface area contributed by atoms with Gasteiger partial charge in [0.25, 0.3) is 0 Å². The van der Waals surface area contributed by atoms with Crippen molar-refractivity contribution in [3.8, 4) is 0 Å². The molecule has 0 radical (unpaired) electrons. The predicted molar refractivity (Wildman–Crippen MR) is 80.5 cm³/mol. The second-order valence-corrected chi connectivity index (χ2v) is 5.50. The summed E-state index contributed by atoms with van der Waals surface area (Å²) in [5, 5.41) is 2.21. The van der Waals surface area contributed by atoms with Gasteiger partial charge in [-0.1, -0.05) is 36.8 Å². The molecular weight excluding hydrogens is 250 g/mol. The van der Waals surface area contributed by atoms with Crippen molar-refractivity contribution in [3.05, 3.63) is 42.0 Å². The van der Waals surface area contributed by atoms with Crippen molar-refractivity contribution in [1.29, 1.82) is 0 Å². The number of fused-ring (bicyclic) bond motifs is 1. The van der Waals surface area contributed by atoms with Gasteiger partial charge in [-0.2, -0.15) is 0 Å². The van der Waals surface area contributed by atoms with E-state index in [1.165, 1.54) is 7.11 Å². The van der Waals surface area contributed by atoms with Gasteiger partial charge in [0.05, 0.1) is 13.0 Å².